The highest BCUT2D eigenvalue weighted by Crippen LogP contribution is 2.35. The lowest BCUT2D eigenvalue weighted by atomic mass is 10.1. The Balaban J connectivity index is 2.22. The van der Waals surface area contributed by atoms with Crippen LogP contribution in [-0.4, -0.2) is 42.1 Å². The molecule has 29 heavy (non-hydrogen) atoms. The van der Waals surface area contributed by atoms with Gasteiger partial charge in [-0.2, -0.15) is 0 Å². The van der Waals surface area contributed by atoms with Crippen molar-refractivity contribution >= 4 is 46.6 Å². The number of rotatable bonds is 7. The fourth-order valence-corrected chi connectivity index (χ4v) is 2.61. The first-order chi connectivity index (χ1) is 13.7. The number of nitrogens with zero attached hydrogens (tertiary/aromatic N) is 2. The van der Waals surface area contributed by atoms with Crippen LogP contribution in [0, 0.1) is 10.1 Å². The van der Waals surface area contributed by atoms with E-state index in [-0.39, 0.29) is 27.4 Å². The number of methoxy groups -OCH3 is 2. The number of pyridine rings is 1. The van der Waals surface area contributed by atoms with Crippen molar-refractivity contribution in [2.45, 2.75) is 13.0 Å². The van der Waals surface area contributed by atoms with Gasteiger partial charge < -0.3 is 19.5 Å². The Morgan fingerprint density at radius 1 is 1.17 bits per heavy atom. The summed E-state index contributed by atoms with van der Waals surface area (Å²) < 4.78 is 15.1. The summed E-state index contributed by atoms with van der Waals surface area (Å²) in [7, 11) is 2.60. The normalized spacial score (nSPS) is 11.3. The van der Waals surface area contributed by atoms with Crippen molar-refractivity contribution in [3.05, 3.63) is 50.1 Å². The van der Waals surface area contributed by atoms with E-state index >= 15 is 0 Å². The van der Waals surface area contributed by atoms with Crippen molar-refractivity contribution in [2.75, 3.05) is 19.5 Å². The number of carbonyl (C=O) groups excluding carboxylic acids is 2. The average Bonchev–Trinajstić information content (AvgIpc) is 2.68. The molecule has 0 aliphatic heterocycles. The molecule has 0 radical (unpaired) electrons. The van der Waals surface area contributed by atoms with Gasteiger partial charge in [0.15, 0.2) is 23.4 Å². The molecular formula is C17H15Cl2N3O7. The molecule has 0 aliphatic rings. The first-order valence-electron chi connectivity index (χ1n) is 7.91. The highest BCUT2D eigenvalue weighted by molar-refractivity contribution is 6.36. The molecule has 1 aromatic carbocycles. The van der Waals surface area contributed by atoms with Gasteiger partial charge in [-0.3, -0.25) is 14.9 Å². The Kier molecular flexibility index (Phi) is 7.18. The minimum atomic E-state index is -1.32. The van der Waals surface area contributed by atoms with E-state index in [1.807, 2.05) is 0 Å². The minimum absolute atomic E-state index is 0.0149. The molecule has 1 amide bonds. The molecule has 0 aliphatic carbocycles. The number of anilines is 1. The number of nitrogens with one attached hydrogen (secondary N) is 1. The predicted octanol–water partition coefficient (Wildman–Crippen LogP) is 3.50. The summed E-state index contributed by atoms with van der Waals surface area (Å²) in [5.74, 6) is -1.70. The largest absolute Gasteiger partial charge is 0.493 e. The van der Waals surface area contributed by atoms with E-state index in [0.717, 1.165) is 12.1 Å². The third kappa shape index (κ3) is 5.24. The van der Waals surface area contributed by atoms with Crippen molar-refractivity contribution in [3.8, 4) is 11.5 Å². The number of amides is 1. The van der Waals surface area contributed by atoms with Crippen LogP contribution in [0.25, 0.3) is 0 Å². The van der Waals surface area contributed by atoms with E-state index in [1.165, 1.54) is 33.4 Å². The summed E-state index contributed by atoms with van der Waals surface area (Å²) in [6.07, 6.45) is -0.0454. The van der Waals surface area contributed by atoms with E-state index in [1.54, 1.807) is 0 Å². The highest BCUT2D eigenvalue weighted by atomic mass is 35.5. The molecule has 2 aromatic rings. The fourth-order valence-electron chi connectivity index (χ4n) is 2.19. The van der Waals surface area contributed by atoms with Crippen molar-refractivity contribution in [2.24, 2.45) is 0 Å². The monoisotopic (exact) mass is 443 g/mol. The predicted molar refractivity (Wildman–Crippen MR) is 104 cm³/mol. The molecule has 10 nitrogen and oxygen atoms in total. The maximum Gasteiger partial charge on any atom is 0.346 e. The van der Waals surface area contributed by atoms with E-state index in [9.17, 15) is 19.7 Å². The van der Waals surface area contributed by atoms with Gasteiger partial charge in [0.1, 0.15) is 5.56 Å². The number of esters is 1. The van der Waals surface area contributed by atoms with E-state index in [4.69, 9.17) is 37.4 Å². The molecule has 1 aromatic heterocycles. The number of ether oxygens (including phenoxy) is 3. The van der Waals surface area contributed by atoms with Crippen LogP contribution in [0.3, 0.4) is 0 Å². The zero-order chi connectivity index (χ0) is 21.7. The lowest BCUT2D eigenvalue weighted by Gasteiger charge is -2.15. The molecule has 1 N–H and O–H groups in total. The van der Waals surface area contributed by atoms with Crippen molar-refractivity contribution < 1.29 is 28.7 Å². The number of nitro groups is 1. The molecule has 0 fully saturated rings. The number of halogens is 2. The quantitative estimate of drug-likeness (QED) is 0.390. The number of hydrogen-bond donors (Lipinski definition) is 1. The molecule has 0 spiro atoms. The third-order valence-electron chi connectivity index (χ3n) is 3.62. The van der Waals surface area contributed by atoms with Crippen molar-refractivity contribution in [1.29, 1.82) is 0 Å². The van der Waals surface area contributed by atoms with E-state index in [2.05, 4.69) is 10.3 Å². The lowest BCUT2D eigenvalue weighted by molar-refractivity contribution is -0.385. The summed E-state index contributed by atoms with van der Waals surface area (Å²) >= 11 is 11.7. The maximum atomic E-state index is 12.5. The summed E-state index contributed by atoms with van der Waals surface area (Å²) in [5, 5.41) is 14.0. The van der Waals surface area contributed by atoms with Gasteiger partial charge in [-0.1, -0.05) is 23.2 Å². The summed E-state index contributed by atoms with van der Waals surface area (Å²) in [6.45, 7) is 1.28. The van der Waals surface area contributed by atoms with Crippen LogP contribution in [0.4, 0.5) is 11.5 Å². The van der Waals surface area contributed by atoms with Crippen LogP contribution in [0.5, 0.6) is 11.5 Å². The van der Waals surface area contributed by atoms with Gasteiger partial charge in [0.05, 0.1) is 35.3 Å². The van der Waals surface area contributed by atoms with Gasteiger partial charge in [0.2, 0.25) is 0 Å². The summed E-state index contributed by atoms with van der Waals surface area (Å²) in [6, 6.07) is 3.49. The first-order valence-corrected chi connectivity index (χ1v) is 8.66. The van der Waals surface area contributed by atoms with Crippen LogP contribution in [-0.2, 0) is 9.53 Å². The second-order valence-electron chi connectivity index (χ2n) is 5.50. The lowest BCUT2D eigenvalue weighted by Crippen LogP contribution is -2.30. The van der Waals surface area contributed by atoms with Crippen molar-refractivity contribution in [1.82, 2.24) is 4.98 Å². The maximum absolute atomic E-state index is 12.5. The van der Waals surface area contributed by atoms with Gasteiger partial charge >= 0.3 is 5.97 Å². The Hall–Kier alpha value is -3.11. The van der Waals surface area contributed by atoms with Crippen molar-refractivity contribution in [3.63, 3.8) is 0 Å². The standard InChI is InChI=1S/C17H15Cl2N3O7/c1-8(16(23)21-15-11(19)4-9(18)7-20-15)29-17(24)10-5-13(27-2)14(28-3)6-12(10)22(25)26/h4-8H,1-3H3,(H,20,21,23). The second-order valence-corrected chi connectivity index (χ2v) is 6.35. The topological polar surface area (TPSA) is 130 Å². The number of carbonyl (C=O) groups is 2. The van der Waals surface area contributed by atoms with Gasteiger partial charge in [-0.25, -0.2) is 9.78 Å². The minimum Gasteiger partial charge on any atom is -0.493 e. The smallest absolute Gasteiger partial charge is 0.346 e. The van der Waals surface area contributed by atoms with Gasteiger partial charge in [-0.15, -0.1) is 0 Å². The van der Waals surface area contributed by atoms with Crippen LogP contribution in [0.2, 0.25) is 10.0 Å². The number of aromatic nitrogens is 1. The average molecular weight is 444 g/mol. The highest BCUT2D eigenvalue weighted by Gasteiger charge is 2.28. The summed E-state index contributed by atoms with van der Waals surface area (Å²) in [4.78, 5) is 39.1. The van der Waals surface area contributed by atoms with Crippen LogP contribution in [0.15, 0.2) is 24.4 Å². The molecule has 0 saturated carbocycles. The van der Waals surface area contributed by atoms with Gasteiger partial charge in [0, 0.05) is 12.3 Å². The van der Waals surface area contributed by atoms with Gasteiger partial charge in [0.25, 0.3) is 11.6 Å². The van der Waals surface area contributed by atoms with Crippen LogP contribution >= 0.6 is 23.2 Å². The molecule has 12 heteroatoms. The van der Waals surface area contributed by atoms with Crippen LogP contribution < -0.4 is 14.8 Å². The second kappa shape index (κ2) is 9.39. The molecule has 154 valence electrons. The Morgan fingerprint density at radius 3 is 2.34 bits per heavy atom. The Morgan fingerprint density at radius 2 is 1.79 bits per heavy atom. The third-order valence-corrected chi connectivity index (χ3v) is 4.12. The zero-order valence-corrected chi connectivity index (χ0v) is 16.9. The Bertz CT molecular complexity index is 968. The molecule has 1 atom stereocenters. The first kappa shape index (κ1) is 22.2. The number of benzene rings is 1. The van der Waals surface area contributed by atoms with E-state index in [0.29, 0.717) is 0 Å². The Labute approximate surface area is 174 Å². The molecular weight excluding hydrogens is 429 g/mol. The molecule has 0 saturated heterocycles. The van der Waals surface area contributed by atoms with Crippen LogP contribution in [0.1, 0.15) is 17.3 Å². The fraction of sp³-hybridized carbons (Fsp3) is 0.235. The SMILES string of the molecule is COc1cc(C(=O)OC(C)C(=O)Nc2ncc(Cl)cc2Cl)c([N+](=O)[O-])cc1OC. The molecule has 0 bridgehead atoms. The summed E-state index contributed by atoms with van der Waals surface area (Å²) in [5.41, 5.74) is -0.974. The molecule has 1 unspecified atom stereocenters. The van der Waals surface area contributed by atoms with Gasteiger partial charge in [-0.05, 0) is 13.0 Å². The number of nitro benzene ring substituents is 1. The van der Waals surface area contributed by atoms with E-state index < -0.39 is 34.2 Å². The zero-order valence-electron chi connectivity index (χ0n) is 15.4. The molecule has 1 heterocycles. The molecule has 2 rings (SSSR count). The number of hydrogen-bond acceptors (Lipinski definition) is 8.